The smallest absolute Gasteiger partial charge is 0.183 e. The van der Waals surface area contributed by atoms with Gasteiger partial charge in [0.05, 0.1) is 18.1 Å². The lowest BCUT2D eigenvalue weighted by Crippen LogP contribution is -2.81. The number of ether oxygens (including phenoxy) is 3. The van der Waals surface area contributed by atoms with Gasteiger partial charge in [-0.2, -0.15) is 0 Å². The molecular weight excluding hydrogens is 462 g/mol. The quantitative estimate of drug-likeness (QED) is 0.509. The topological polar surface area (TPSA) is 48.0 Å². The van der Waals surface area contributed by atoms with Gasteiger partial charge < -0.3 is 19.1 Å². The number of carbonyl (C=O) groups excluding carboxylic acids is 1. The van der Waals surface area contributed by atoms with Crippen LogP contribution in [-0.4, -0.2) is 55.2 Å². The molecule has 5 nitrogen and oxygen atoms in total. The van der Waals surface area contributed by atoms with E-state index in [-0.39, 0.29) is 24.2 Å². The molecule has 6 heteroatoms. The van der Waals surface area contributed by atoms with Crippen molar-refractivity contribution in [3.63, 3.8) is 0 Å². The van der Waals surface area contributed by atoms with Crippen LogP contribution in [0.1, 0.15) is 55.7 Å². The number of piperidine rings is 1. The van der Waals surface area contributed by atoms with Crippen LogP contribution in [-0.2, 0) is 27.8 Å². The average molecular weight is 498 g/mol. The number of nitrogens with zero attached hydrogens (tertiary/aromatic N) is 1. The molecule has 0 aromatic heterocycles. The zero-order valence-corrected chi connectivity index (χ0v) is 21.8. The number of likely N-dealkylation sites (tertiary alicyclic amines) is 1. The van der Waals surface area contributed by atoms with E-state index in [4.69, 9.17) is 14.2 Å². The van der Waals surface area contributed by atoms with Crippen molar-refractivity contribution in [3.8, 4) is 11.5 Å². The molecule has 0 radical (unpaired) electrons. The number of rotatable bonds is 7. The summed E-state index contributed by atoms with van der Waals surface area (Å²) >= 11 is 0. The lowest BCUT2D eigenvalue weighted by atomic mass is 9.44. The summed E-state index contributed by atoms with van der Waals surface area (Å²) in [6.45, 7) is 3.84. The number of carbonyl (C=O) groups is 1. The number of hydrogen-bond donors (Lipinski definition) is 0. The number of halogens is 1. The maximum Gasteiger partial charge on any atom is 0.183 e. The molecule has 1 saturated heterocycles. The average Bonchev–Trinajstić information content (AvgIpc) is 3.15. The Hall–Kier alpha value is -2.08. The first-order valence-corrected chi connectivity index (χ1v) is 12.8. The van der Waals surface area contributed by atoms with Crippen LogP contribution >= 0.6 is 12.4 Å². The van der Waals surface area contributed by atoms with Crippen molar-refractivity contribution in [2.75, 3.05) is 27.3 Å². The van der Waals surface area contributed by atoms with Gasteiger partial charge in [-0.25, -0.2) is 0 Å². The predicted molar refractivity (Wildman–Crippen MR) is 138 cm³/mol. The van der Waals surface area contributed by atoms with E-state index in [1.165, 1.54) is 11.1 Å². The first kappa shape index (κ1) is 24.6. The van der Waals surface area contributed by atoms with Crippen LogP contribution in [0.25, 0.3) is 0 Å². The third-order valence-electron chi connectivity index (χ3n) is 9.19. The normalized spacial score (nSPS) is 32.4. The molecule has 6 rings (SSSR count). The second-order valence-corrected chi connectivity index (χ2v) is 10.6. The lowest BCUT2D eigenvalue weighted by molar-refractivity contribution is -0.231. The Morgan fingerprint density at radius 1 is 1.14 bits per heavy atom. The minimum Gasteiger partial charge on any atom is -0.493 e. The molecule has 0 N–H and O–H groups in total. The van der Waals surface area contributed by atoms with Gasteiger partial charge in [-0.3, -0.25) is 4.79 Å². The van der Waals surface area contributed by atoms with Gasteiger partial charge in [-0.1, -0.05) is 49.7 Å². The number of methoxy groups -OCH3 is 1. The fraction of sp³-hybridized carbons (Fsp3) is 0.552. The van der Waals surface area contributed by atoms with Crippen LogP contribution in [0.2, 0.25) is 0 Å². The molecule has 2 aromatic rings. The molecule has 35 heavy (non-hydrogen) atoms. The van der Waals surface area contributed by atoms with Crippen molar-refractivity contribution in [2.24, 2.45) is 0 Å². The zero-order chi connectivity index (χ0) is 23.6. The third-order valence-corrected chi connectivity index (χ3v) is 9.19. The summed E-state index contributed by atoms with van der Waals surface area (Å²) in [5, 5.41) is 0. The minimum atomic E-state index is -0.982. The Balaban J connectivity index is 0.00000253. The highest BCUT2D eigenvalue weighted by atomic mass is 35.5. The van der Waals surface area contributed by atoms with Crippen molar-refractivity contribution >= 4 is 18.2 Å². The van der Waals surface area contributed by atoms with Gasteiger partial charge in [0.25, 0.3) is 0 Å². The van der Waals surface area contributed by atoms with E-state index in [9.17, 15) is 4.79 Å². The highest BCUT2D eigenvalue weighted by molar-refractivity contribution is 5.95. The van der Waals surface area contributed by atoms with Crippen LogP contribution in [0.4, 0.5) is 0 Å². The molecule has 2 aliphatic heterocycles. The van der Waals surface area contributed by atoms with Crippen molar-refractivity contribution in [2.45, 2.75) is 74.5 Å². The summed E-state index contributed by atoms with van der Waals surface area (Å²) in [5.74, 6) is 1.71. The molecule has 2 bridgehead atoms. The molecule has 1 unspecified atom stereocenters. The lowest BCUT2D eigenvalue weighted by Gasteiger charge is -2.67. The van der Waals surface area contributed by atoms with Gasteiger partial charge in [0, 0.05) is 31.1 Å². The first-order chi connectivity index (χ1) is 16.5. The molecule has 1 saturated carbocycles. The molecule has 0 amide bonds. The largest absolute Gasteiger partial charge is 0.493 e. The Morgan fingerprint density at radius 2 is 1.94 bits per heavy atom. The second-order valence-electron chi connectivity index (χ2n) is 10.6. The highest BCUT2D eigenvalue weighted by Gasteiger charge is 2.80. The Kier molecular flexibility index (Phi) is 6.18. The standard InChI is InChI=1S/C29H35NO4.ClH/c1-4-5-17-33-28-14-13-24(31)29(19-20-9-7-6-8-10-20)27(28)15-16-30(2)23(28)18-21-11-12-22(32-3)26(34-29)25(21)27;/h6-12,23H,4-5,13-19H2,1-3H3;1H/t23-,27-,28-,29?;/m1./s1. The Bertz CT molecular complexity index is 1120. The predicted octanol–water partition coefficient (Wildman–Crippen LogP) is 4.91. The van der Waals surface area contributed by atoms with Gasteiger partial charge in [0.15, 0.2) is 22.9 Å². The van der Waals surface area contributed by atoms with E-state index >= 15 is 0 Å². The Morgan fingerprint density at radius 3 is 2.69 bits per heavy atom. The SMILES string of the molecule is CCCCO[C@@]12CCC(=O)C3(Cc4ccccc4)Oc4c(OC)ccc5c4[C@@]31CCN(C)[C@@H]2C5.Cl. The van der Waals surface area contributed by atoms with Crippen LogP contribution in [0, 0.1) is 0 Å². The summed E-state index contributed by atoms with van der Waals surface area (Å²) in [5.41, 5.74) is 1.65. The summed E-state index contributed by atoms with van der Waals surface area (Å²) in [7, 11) is 3.92. The number of ketones is 1. The van der Waals surface area contributed by atoms with Crippen LogP contribution < -0.4 is 9.47 Å². The van der Waals surface area contributed by atoms with E-state index in [0.717, 1.165) is 55.7 Å². The van der Waals surface area contributed by atoms with Gasteiger partial charge in [0.2, 0.25) is 0 Å². The summed E-state index contributed by atoms with van der Waals surface area (Å²) in [4.78, 5) is 16.6. The number of Topliss-reactive ketones (excluding diaryl/α,β-unsaturated/α-hetero) is 1. The van der Waals surface area contributed by atoms with Crippen molar-refractivity contribution in [3.05, 3.63) is 59.2 Å². The van der Waals surface area contributed by atoms with Gasteiger partial charge in [0.1, 0.15) is 0 Å². The molecule has 2 aliphatic carbocycles. The van der Waals surface area contributed by atoms with E-state index < -0.39 is 16.6 Å². The van der Waals surface area contributed by atoms with Crippen molar-refractivity contribution in [1.29, 1.82) is 0 Å². The van der Waals surface area contributed by atoms with Crippen molar-refractivity contribution < 1.29 is 19.0 Å². The van der Waals surface area contributed by atoms with E-state index in [0.29, 0.717) is 19.4 Å². The van der Waals surface area contributed by atoms with Gasteiger partial charge in [-0.15, -0.1) is 12.4 Å². The van der Waals surface area contributed by atoms with E-state index in [1.807, 2.05) is 24.3 Å². The second kappa shape index (κ2) is 8.79. The number of likely N-dealkylation sites (N-methyl/N-ethyl adjacent to an activating group) is 1. The monoisotopic (exact) mass is 497 g/mol. The molecule has 4 atom stereocenters. The number of unbranched alkanes of at least 4 members (excludes halogenated alkanes) is 1. The first-order valence-electron chi connectivity index (χ1n) is 12.8. The van der Waals surface area contributed by atoms with Gasteiger partial charge >= 0.3 is 0 Å². The minimum absolute atomic E-state index is 0. The van der Waals surface area contributed by atoms with Crippen LogP contribution in [0.3, 0.4) is 0 Å². The maximum absolute atomic E-state index is 14.2. The third kappa shape index (κ3) is 3.04. The molecule has 2 heterocycles. The molecular formula is C29H36ClNO4. The molecule has 1 spiro atoms. The Labute approximate surface area is 214 Å². The molecule has 2 aromatic carbocycles. The van der Waals surface area contributed by atoms with Crippen LogP contribution in [0.5, 0.6) is 11.5 Å². The zero-order valence-electron chi connectivity index (χ0n) is 21.0. The number of hydrogen-bond acceptors (Lipinski definition) is 5. The van der Waals surface area contributed by atoms with E-state index in [1.54, 1.807) is 7.11 Å². The van der Waals surface area contributed by atoms with E-state index in [2.05, 4.69) is 37.1 Å². The van der Waals surface area contributed by atoms with Crippen molar-refractivity contribution in [1.82, 2.24) is 4.90 Å². The maximum atomic E-state index is 14.2. The molecule has 4 aliphatic rings. The summed E-state index contributed by atoms with van der Waals surface area (Å²) in [6.07, 6.45) is 5.65. The molecule has 188 valence electrons. The highest BCUT2D eigenvalue weighted by Crippen LogP contribution is 2.70. The summed E-state index contributed by atoms with van der Waals surface area (Å²) < 4.78 is 19.9. The fourth-order valence-corrected chi connectivity index (χ4v) is 7.76. The van der Waals surface area contributed by atoms with Gasteiger partial charge in [-0.05, 0) is 56.5 Å². The fourth-order valence-electron chi connectivity index (χ4n) is 7.76. The van der Waals surface area contributed by atoms with Crippen LogP contribution in [0.15, 0.2) is 42.5 Å². The molecule has 2 fully saturated rings. The number of benzene rings is 2. The summed E-state index contributed by atoms with van der Waals surface area (Å²) in [6, 6.07) is 14.8.